The highest BCUT2D eigenvalue weighted by atomic mass is 35.5. The number of nitrogens with zero attached hydrogens (tertiary/aromatic N) is 1. The minimum absolute atomic E-state index is 0.362. The Kier molecular flexibility index (Phi) is 2.02. The van der Waals surface area contributed by atoms with Gasteiger partial charge in [0.2, 0.25) is 6.29 Å². The molecule has 51 valence electrons. The highest BCUT2D eigenvalue weighted by molar-refractivity contribution is 6.30. The van der Waals surface area contributed by atoms with Gasteiger partial charge in [0.25, 0.3) is 0 Å². The fourth-order valence-electron chi connectivity index (χ4n) is 0.621. The summed E-state index contributed by atoms with van der Waals surface area (Å²) in [6.07, 6.45) is 3.24. The van der Waals surface area contributed by atoms with Crippen molar-refractivity contribution in [3.63, 3.8) is 0 Å². The number of hydrogen-bond donors (Lipinski definition) is 0. The molecule has 0 aliphatic carbocycles. The normalized spacial score (nSPS) is 9.40. The van der Waals surface area contributed by atoms with Crippen LogP contribution in [0.1, 0.15) is 11.1 Å². The van der Waals surface area contributed by atoms with Gasteiger partial charge in [-0.15, -0.1) is 0 Å². The largest absolute Gasteiger partial charge is 0.285 e. The van der Waals surface area contributed by atoms with Crippen molar-refractivity contribution in [1.29, 1.82) is 0 Å². The van der Waals surface area contributed by atoms with Gasteiger partial charge in [-0.25, -0.2) is 4.98 Å². The van der Waals surface area contributed by atoms with Crippen molar-refractivity contribution in [2.75, 3.05) is 0 Å². The van der Waals surface area contributed by atoms with E-state index in [-0.39, 0.29) is 0 Å². The molecular formula is C7H5ClNO. The van der Waals surface area contributed by atoms with E-state index in [0.717, 1.165) is 0 Å². The van der Waals surface area contributed by atoms with E-state index < -0.39 is 0 Å². The number of pyridine rings is 1. The second kappa shape index (κ2) is 2.80. The summed E-state index contributed by atoms with van der Waals surface area (Å²) in [5, 5.41) is 0.362. The van der Waals surface area contributed by atoms with Crippen LogP contribution in [-0.2, 0) is 4.79 Å². The lowest BCUT2D eigenvalue weighted by Gasteiger charge is -1.96. The minimum atomic E-state index is 0.362. The number of aromatic nitrogens is 1. The quantitative estimate of drug-likeness (QED) is 0.574. The summed E-state index contributed by atoms with van der Waals surface area (Å²) in [6, 6.07) is 1.58. The van der Waals surface area contributed by atoms with E-state index >= 15 is 0 Å². The molecule has 0 aliphatic heterocycles. The zero-order chi connectivity index (χ0) is 7.56. The Hall–Kier alpha value is -0.890. The van der Waals surface area contributed by atoms with Crippen molar-refractivity contribution in [3.8, 4) is 0 Å². The minimum Gasteiger partial charge on any atom is -0.285 e. The average Bonchev–Trinajstić information content (AvgIpc) is 1.95. The average molecular weight is 155 g/mol. The van der Waals surface area contributed by atoms with Gasteiger partial charge < -0.3 is 0 Å². The van der Waals surface area contributed by atoms with Gasteiger partial charge in [-0.2, -0.15) is 0 Å². The van der Waals surface area contributed by atoms with Crippen LogP contribution in [0.2, 0.25) is 5.15 Å². The van der Waals surface area contributed by atoms with Crippen molar-refractivity contribution in [1.82, 2.24) is 4.98 Å². The van der Waals surface area contributed by atoms with E-state index in [0.29, 0.717) is 16.3 Å². The number of rotatable bonds is 1. The summed E-state index contributed by atoms with van der Waals surface area (Å²) < 4.78 is 0. The molecule has 0 spiro atoms. The van der Waals surface area contributed by atoms with Crippen molar-refractivity contribution in [2.45, 2.75) is 6.92 Å². The summed E-state index contributed by atoms with van der Waals surface area (Å²) in [4.78, 5) is 13.9. The Balaban J connectivity index is 3.27. The van der Waals surface area contributed by atoms with Gasteiger partial charge in [0.05, 0.1) is 0 Å². The van der Waals surface area contributed by atoms with Crippen molar-refractivity contribution >= 4 is 17.9 Å². The SMILES string of the molecule is Cc1c([C]=O)ccnc1Cl. The number of carbonyl (C=O) groups excluding carboxylic acids is 1. The third-order valence-electron chi connectivity index (χ3n) is 1.25. The fourth-order valence-corrected chi connectivity index (χ4v) is 0.779. The Labute approximate surface area is 63.8 Å². The number of halogens is 1. The maximum atomic E-state index is 10.2. The zero-order valence-electron chi connectivity index (χ0n) is 5.39. The summed E-state index contributed by atoms with van der Waals surface area (Å²) in [5.74, 6) is 0. The molecule has 10 heavy (non-hydrogen) atoms. The third kappa shape index (κ3) is 1.16. The molecule has 0 amide bonds. The highest BCUT2D eigenvalue weighted by Gasteiger charge is 2.00. The van der Waals surface area contributed by atoms with Gasteiger partial charge in [0.1, 0.15) is 5.15 Å². The highest BCUT2D eigenvalue weighted by Crippen LogP contribution is 2.13. The molecule has 2 nitrogen and oxygen atoms in total. The van der Waals surface area contributed by atoms with Crippen LogP contribution < -0.4 is 0 Å². The molecule has 0 N–H and O–H groups in total. The Morgan fingerprint density at radius 1 is 1.70 bits per heavy atom. The topological polar surface area (TPSA) is 30.0 Å². The predicted molar refractivity (Wildman–Crippen MR) is 38.8 cm³/mol. The molecule has 0 fully saturated rings. The van der Waals surface area contributed by atoms with E-state index in [1.165, 1.54) is 6.20 Å². The second-order valence-electron chi connectivity index (χ2n) is 1.88. The van der Waals surface area contributed by atoms with Crippen LogP contribution >= 0.6 is 11.6 Å². The van der Waals surface area contributed by atoms with Gasteiger partial charge >= 0.3 is 0 Å². The lowest BCUT2D eigenvalue weighted by molar-refractivity contribution is 0.562. The summed E-state index contributed by atoms with van der Waals surface area (Å²) in [6.45, 7) is 1.73. The van der Waals surface area contributed by atoms with Crippen LogP contribution in [-0.4, -0.2) is 11.3 Å². The van der Waals surface area contributed by atoms with Gasteiger partial charge in [-0.3, -0.25) is 4.79 Å². The van der Waals surface area contributed by atoms with Crippen molar-refractivity contribution in [2.24, 2.45) is 0 Å². The second-order valence-corrected chi connectivity index (χ2v) is 2.23. The van der Waals surface area contributed by atoms with Crippen molar-refractivity contribution < 1.29 is 4.79 Å². The van der Waals surface area contributed by atoms with E-state index in [9.17, 15) is 4.79 Å². The molecule has 1 radical (unpaired) electrons. The maximum Gasteiger partial charge on any atom is 0.233 e. The molecule has 1 rings (SSSR count). The van der Waals surface area contributed by atoms with Gasteiger partial charge in [-0.05, 0) is 18.6 Å². The lowest BCUT2D eigenvalue weighted by atomic mass is 10.2. The third-order valence-corrected chi connectivity index (χ3v) is 1.63. The molecule has 0 unspecified atom stereocenters. The molecule has 0 aliphatic rings. The fraction of sp³-hybridized carbons (Fsp3) is 0.143. The molecule has 1 heterocycles. The molecule has 0 saturated carbocycles. The van der Waals surface area contributed by atoms with Gasteiger partial charge in [0, 0.05) is 11.8 Å². The van der Waals surface area contributed by atoms with Gasteiger partial charge in [0.15, 0.2) is 0 Å². The lowest BCUT2D eigenvalue weighted by Crippen LogP contribution is -1.88. The van der Waals surface area contributed by atoms with Crippen molar-refractivity contribution in [3.05, 3.63) is 28.5 Å². The van der Waals surface area contributed by atoms with Crippen LogP contribution in [0.3, 0.4) is 0 Å². The summed E-state index contributed by atoms with van der Waals surface area (Å²) in [5.41, 5.74) is 1.15. The Morgan fingerprint density at radius 3 is 2.90 bits per heavy atom. The monoisotopic (exact) mass is 154 g/mol. The van der Waals surface area contributed by atoms with Crippen LogP contribution in [0, 0.1) is 6.92 Å². The first-order valence-electron chi connectivity index (χ1n) is 2.75. The molecule has 1 aromatic rings. The molecule has 0 atom stereocenters. The smallest absolute Gasteiger partial charge is 0.233 e. The van der Waals surface area contributed by atoms with E-state index in [2.05, 4.69) is 4.98 Å². The van der Waals surface area contributed by atoms with E-state index in [1.807, 2.05) is 0 Å². The predicted octanol–water partition coefficient (Wildman–Crippen LogP) is 1.50. The molecule has 1 aromatic heterocycles. The van der Waals surface area contributed by atoms with Crippen LogP contribution in [0.15, 0.2) is 12.3 Å². The van der Waals surface area contributed by atoms with Crippen LogP contribution in [0.5, 0.6) is 0 Å². The first-order valence-corrected chi connectivity index (χ1v) is 3.12. The Bertz CT molecular complexity index is 260. The molecule has 0 saturated heterocycles. The maximum absolute atomic E-state index is 10.2. The van der Waals surface area contributed by atoms with E-state index in [4.69, 9.17) is 11.6 Å². The first-order chi connectivity index (χ1) is 4.75. The van der Waals surface area contributed by atoms with Crippen LogP contribution in [0.4, 0.5) is 0 Å². The standard InChI is InChI=1S/C7H5ClNO/c1-5-6(4-10)2-3-9-7(5)8/h2-3H,1H3. The Morgan fingerprint density at radius 2 is 2.40 bits per heavy atom. The molecule has 0 bridgehead atoms. The van der Waals surface area contributed by atoms with E-state index in [1.54, 1.807) is 19.3 Å². The molecule has 3 heteroatoms. The van der Waals surface area contributed by atoms with Crippen LogP contribution in [0.25, 0.3) is 0 Å². The zero-order valence-corrected chi connectivity index (χ0v) is 6.14. The summed E-state index contributed by atoms with van der Waals surface area (Å²) >= 11 is 5.60. The molecule has 0 aromatic carbocycles. The first kappa shape index (κ1) is 7.22. The molecular weight excluding hydrogens is 150 g/mol. The number of hydrogen-bond acceptors (Lipinski definition) is 2. The van der Waals surface area contributed by atoms with Gasteiger partial charge in [-0.1, -0.05) is 11.6 Å². The summed E-state index contributed by atoms with van der Waals surface area (Å²) in [7, 11) is 0.